The summed E-state index contributed by atoms with van der Waals surface area (Å²) < 4.78 is 12.8. The Bertz CT molecular complexity index is 363. The Morgan fingerprint density at radius 1 is 1.38 bits per heavy atom. The second-order valence-corrected chi connectivity index (χ2v) is 4.51. The Kier molecular flexibility index (Phi) is 3.34. The number of hydrogen-bond donors (Lipinski definition) is 0. The fraction of sp³-hybridized carbons (Fsp3) is 0.462. The van der Waals surface area contributed by atoms with Crippen LogP contribution in [0.25, 0.3) is 0 Å². The number of aldehydes is 1. The lowest BCUT2D eigenvalue weighted by Gasteiger charge is -2.34. The SMILES string of the molecule is CN1CCC(c2ccc(F)cc2)[C@H](C=O)C1. The molecule has 1 aliphatic heterocycles. The fourth-order valence-corrected chi connectivity index (χ4v) is 2.41. The number of likely N-dealkylation sites (tertiary alicyclic amines) is 1. The lowest BCUT2D eigenvalue weighted by atomic mass is 9.81. The van der Waals surface area contributed by atoms with Gasteiger partial charge in [0.25, 0.3) is 0 Å². The van der Waals surface area contributed by atoms with Crippen molar-refractivity contribution >= 4 is 6.29 Å². The van der Waals surface area contributed by atoms with Gasteiger partial charge in [-0.1, -0.05) is 12.1 Å². The molecule has 0 radical (unpaired) electrons. The van der Waals surface area contributed by atoms with Gasteiger partial charge in [-0.3, -0.25) is 0 Å². The Hall–Kier alpha value is -1.22. The molecule has 1 fully saturated rings. The lowest BCUT2D eigenvalue weighted by molar-refractivity contribution is -0.113. The van der Waals surface area contributed by atoms with Gasteiger partial charge in [-0.05, 0) is 43.6 Å². The van der Waals surface area contributed by atoms with Gasteiger partial charge >= 0.3 is 0 Å². The van der Waals surface area contributed by atoms with Crippen LogP contribution in [0.3, 0.4) is 0 Å². The van der Waals surface area contributed by atoms with Crippen LogP contribution in [0.5, 0.6) is 0 Å². The Labute approximate surface area is 95.1 Å². The molecule has 1 aliphatic rings. The molecule has 1 aromatic carbocycles. The van der Waals surface area contributed by atoms with Crippen LogP contribution in [0.15, 0.2) is 24.3 Å². The van der Waals surface area contributed by atoms with Crippen LogP contribution in [-0.4, -0.2) is 31.3 Å². The standard InChI is InChI=1S/C13H16FNO/c1-15-7-6-13(11(8-15)9-16)10-2-4-12(14)5-3-10/h2-5,9,11,13H,6-8H2,1H3/t11-,13?/m0/s1. The van der Waals surface area contributed by atoms with Crippen LogP contribution in [0.1, 0.15) is 17.9 Å². The summed E-state index contributed by atoms with van der Waals surface area (Å²) in [6.07, 6.45) is 2.00. The monoisotopic (exact) mass is 221 g/mol. The molecule has 0 aromatic heterocycles. The predicted octanol–water partition coefficient (Wildman–Crippen LogP) is 2.06. The van der Waals surface area contributed by atoms with Crippen LogP contribution in [0, 0.1) is 11.7 Å². The molecule has 0 bridgehead atoms. The minimum atomic E-state index is -0.223. The van der Waals surface area contributed by atoms with Crippen molar-refractivity contribution in [2.24, 2.45) is 5.92 Å². The van der Waals surface area contributed by atoms with Crippen LogP contribution in [0.2, 0.25) is 0 Å². The molecule has 1 aromatic rings. The minimum absolute atomic E-state index is 0.0317. The summed E-state index contributed by atoms with van der Waals surface area (Å²) in [4.78, 5) is 13.2. The third kappa shape index (κ3) is 2.30. The quantitative estimate of drug-likeness (QED) is 0.712. The summed E-state index contributed by atoms with van der Waals surface area (Å²) >= 11 is 0. The molecule has 0 aliphatic carbocycles. The van der Waals surface area contributed by atoms with Gasteiger partial charge in [-0.15, -0.1) is 0 Å². The van der Waals surface area contributed by atoms with E-state index in [2.05, 4.69) is 4.90 Å². The molecule has 2 nitrogen and oxygen atoms in total. The number of hydrogen-bond acceptors (Lipinski definition) is 2. The van der Waals surface area contributed by atoms with Crippen LogP contribution < -0.4 is 0 Å². The third-order valence-corrected chi connectivity index (χ3v) is 3.33. The summed E-state index contributed by atoms with van der Waals surface area (Å²) in [5.74, 6) is 0.0536. The van der Waals surface area contributed by atoms with E-state index in [0.717, 1.165) is 31.4 Å². The van der Waals surface area contributed by atoms with Gasteiger partial charge in [0, 0.05) is 12.5 Å². The molecule has 1 heterocycles. The van der Waals surface area contributed by atoms with E-state index >= 15 is 0 Å². The minimum Gasteiger partial charge on any atom is -0.306 e. The Morgan fingerprint density at radius 2 is 2.06 bits per heavy atom. The fourth-order valence-electron chi connectivity index (χ4n) is 2.41. The highest BCUT2D eigenvalue weighted by Gasteiger charge is 2.28. The molecule has 0 amide bonds. The maximum absolute atomic E-state index is 12.8. The molecule has 1 saturated heterocycles. The van der Waals surface area contributed by atoms with Gasteiger partial charge in [-0.25, -0.2) is 4.39 Å². The van der Waals surface area contributed by atoms with E-state index in [1.807, 2.05) is 7.05 Å². The Morgan fingerprint density at radius 3 is 2.69 bits per heavy atom. The number of halogens is 1. The van der Waals surface area contributed by atoms with Crippen LogP contribution in [-0.2, 0) is 4.79 Å². The number of rotatable bonds is 2. The number of piperidine rings is 1. The van der Waals surface area contributed by atoms with Crippen LogP contribution >= 0.6 is 0 Å². The molecule has 2 atom stereocenters. The van der Waals surface area contributed by atoms with E-state index in [1.165, 1.54) is 12.1 Å². The summed E-state index contributed by atoms with van der Waals surface area (Å²) in [6, 6.07) is 6.52. The maximum atomic E-state index is 12.8. The zero-order chi connectivity index (χ0) is 11.5. The van der Waals surface area contributed by atoms with E-state index in [9.17, 15) is 9.18 Å². The summed E-state index contributed by atoms with van der Waals surface area (Å²) in [5, 5.41) is 0. The molecule has 0 spiro atoms. The third-order valence-electron chi connectivity index (χ3n) is 3.33. The van der Waals surface area contributed by atoms with Gasteiger partial charge in [0.1, 0.15) is 12.1 Å². The average molecular weight is 221 g/mol. The summed E-state index contributed by atoms with van der Waals surface area (Å²) in [5.41, 5.74) is 1.08. The van der Waals surface area contributed by atoms with Gasteiger partial charge < -0.3 is 9.69 Å². The van der Waals surface area contributed by atoms with Gasteiger partial charge in [0.05, 0.1) is 0 Å². The van der Waals surface area contributed by atoms with Crippen molar-refractivity contribution in [1.29, 1.82) is 0 Å². The highest BCUT2D eigenvalue weighted by atomic mass is 19.1. The van der Waals surface area contributed by atoms with Crippen molar-refractivity contribution in [3.8, 4) is 0 Å². The average Bonchev–Trinajstić information content (AvgIpc) is 2.30. The molecule has 0 N–H and O–H groups in total. The maximum Gasteiger partial charge on any atom is 0.124 e. The second-order valence-electron chi connectivity index (χ2n) is 4.51. The molecular formula is C13H16FNO. The second kappa shape index (κ2) is 4.74. The van der Waals surface area contributed by atoms with E-state index in [-0.39, 0.29) is 17.7 Å². The van der Waals surface area contributed by atoms with E-state index in [0.29, 0.717) is 0 Å². The summed E-state index contributed by atoms with van der Waals surface area (Å²) in [6.45, 7) is 1.79. The molecule has 0 saturated carbocycles. The Balaban J connectivity index is 2.19. The molecule has 1 unspecified atom stereocenters. The van der Waals surface area contributed by atoms with E-state index in [1.54, 1.807) is 12.1 Å². The number of carbonyl (C=O) groups is 1. The van der Waals surface area contributed by atoms with Gasteiger partial charge in [0.2, 0.25) is 0 Å². The van der Waals surface area contributed by atoms with Crippen LogP contribution in [0.4, 0.5) is 4.39 Å². The summed E-state index contributed by atoms with van der Waals surface area (Å²) in [7, 11) is 2.03. The highest BCUT2D eigenvalue weighted by Crippen LogP contribution is 2.31. The first kappa shape index (κ1) is 11.3. The molecule has 3 heteroatoms. The molecule has 2 rings (SSSR count). The first-order valence-corrected chi connectivity index (χ1v) is 5.60. The zero-order valence-corrected chi connectivity index (χ0v) is 9.40. The van der Waals surface area contributed by atoms with Gasteiger partial charge in [-0.2, -0.15) is 0 Å². The van der Waals surface area contributed by atoms with E-state index < -0.39 is 0 Å². The van der Waals surface area contributed by atoms with Crippen molar-refractivity contribution in [3.63, 3.8) is 0 Å². The van der Waals surface area contributed by atoms with Crippen molar-refractivity contribution in [2.75, 3.05) is 20.1 Å². The zero-order valence-electron chi connectivity index (χ0n) is 9.40. The van der Waals surface area contributed by atoms with Crippen molar-refractivity contribution in [3.05, 3.63) is 35.6 Å². The van der Waals surface area contributed by atoms with Gasteiger partial charge in [0.15, 0.2) is 0 Å². The van der Waals surface area contributed by atoms with Crippen molar-refractivity contribution in [1.82, 2.24) is 4.90 Å². The lowest BCUT2D eigenvalue weighted by Crippen LogP contribution is -2.37. The highest BCUT2D eigenvalue weighted by molar-refractivity contribution is 5.56. The molecule has 16 heavy (non-hydrogen) atoms. The molecular weight excluding hydrogens is 205 g/mol. The largest absolute Gasteiger partial charge is 0.306 e. The van der Waals surface area contributed by atoms with Crippen molar-refractivity contribution < 1.29 is 9.18 Å². The normalized spacial score (nSPS) is 26.6. The number of nitrogens with zero attached hydrogens (tertiary/aromatic N) is 1. The number of carbonyl (C=O) groups excluding carboxylic acids is 1. The first-order chi connectivity index (χ1) is 7.70. The predicted molar refractivity (Wildman–Crippen MR) is 60.8 cm³/mol. The molecule has 86 valence electrons. The number of benzene rings is 1. The smallest absolute Gasteiger partial charge is 0.124 e. The first-order valence-electron chi connectivity index (χ1n) is 5.60. The van der Waals surface area contributed by atoms with Crippen molar-refractivity contribution in [2.45, 2.75) is 12.3 Å². The van der Waals surface area contributed by atoms with E-state index in [4.69, 9.17) is 0 Å². The topological polar surface area (TPSA) is 20.3 Å².